The molecule has 0 aliphatic carbocycles. The van der Waals surface area contributed by atoms with Crippen molar-refractivity contribution in [2.45, 2.75) is 0 Å². The van der Waals surface area contributed by atoms with Gasteiger partial charge in [-0.1, -0.05) is 146 Å². The number of fused-ring (bicyclic) bond motifs is 5. The van der Waals surface area contributed by atoms with E-state index in [1.165, 1.54) is 27.8 Å². The van der Waals surface area contributed by atoms with Crippen LogP contribution in [0.1, 0.15) is 0 Å². The van der Waals surface area contributed by atoms with Crippen molar-refractivity contribution in [3.8, 4) is 67.1 Å². The minimum atomic E-state index is 0.837. The molecule has 0 atom stereocenters. The summed E-state index contributed by atoms with van der Waals surface area (Å²) in [6.45, 7) is 0. The van der Waals surface area contributed by atoms with E-state index in [9.17, 15) is 0 Å². The quantitative estimate of drug-likeness (QED) is 0.179. The standard InChI is InChI=1S/C48H33NO/c1-4-12-34(13-5-1)37-20-25-40(26-21-37)49(41-27-22-38(23-28-41)35-14-6-2-7-15-35)42-29-31-47-46(33-42)44-19-11-10-18-43(44)45-30-24-39(32-48(45)50-47)36-16-8-3-9-17-36/h1-33H. The second-order valence-electron chi connectivity index (χ2n) is 12.6. The zero-order chi connectivity index (χ0) is 33.3. The highest BCUT2D eigenvalue weighted by molar-refractivity contribution is 5.93. The molecule has 0 aromatic heterocycles. The number of ether oxygens (including phenoxy) is 1. The third-order valence-corrected chi connectivity index (χ3v) is 9.50. The Morgan fingerprint density at radius 1 is 0.260 bits per heavy atom. The molecule has 9 rings (SSSR count). The smallest absolute Gasteiger partial charge is 0.135 e. The van der Waals surface area contributed by atoms with E-state index in [1.54, 1.807) is 0 Å². The van der Waals surface area contributed by atoms with Crippen LogP contribution in [0, 0.1) is 0 Å². The molecule has 0 N–H and O–H groups in total. The van der Waals surface area contributed by atoms with Crippen molar-refractivity contribution in [3.63, 3.8) is 0 Å². The van der Waals surface area contributed by atoms with Crippen molar-refractivity contribution in [1.29, 1.82) is 0 Å². The predicted molar refractivity (Wildman–Crippen MR) is 208 cm³/mol. The van der Waals surface area contributed by atoms with Gasteiger partial charge in [0.05, 0.1) is 0 Å². The summed E-state index contributed by atoms with van der Waals surface area (Å²) < 4.78 is 6.80. The van der Waals surface area contributed by atoms with Crippen LogP contribution in [0.3, 0.4) is 0 Å². The monoisotopic (exact) mass is 639 g/mol. The molecule has 2 nitrogen and oxygen atoms in total. The average molecular weight is 640 g/mol. The molecule has 236 valence electrons. The number of anilines is 3. The molecular formula is C48H33NO. The number of rotatable bonds is 6. The largest absolute Gasteiger partial charge is 0.456 e. The van der Waals surface area contributed by atoms with Gasteiger partial charge in [0.1, 0.15) is 11.5 Å². The summed E-state index contributed by atoms with van der Waals surface area (Å²) in [4.78, 5) is 2.33. The van der Waals surface area contributed by atoms with E-state index in [0.717, 1.165) is 56.4 Å². The van der Waals surface area contributed by atoms with Crippen molar-refractivity contribution in [2.24, 2.45) is 0 Å². The zero-order valence-corrected chi connectivity index (χ0v) is 27.4. The Balaban J connectivity index is 1.16. The third kappa shape index (κ3) is 5.53. The van der Waals surface area contributed by atoms with Gasteiger partial charge in [0, 0.05) is 28.2 Å². The molecule has 8 aromatic carbocycles. The van der Waals surface area contributed by atoms with Crippen LogP contribution >= 0.6 is 0 Å². The molecule has 0 unspecified atom stereocenters. The molecule has 2 heteroatoms. The lowest BCUT2D eigenvalue weighted by Gasteiger charge is -2.27. The Hall–Kier alpha value is -6.64. The van der Waals surface area contributed by atoms with Crippen LogP contribution in [0.2, 0.25) is 0 Å². The van der Waals surface area contributed by atoms with E-state index in [4.69, 9.17) is 4.74 Å². The molecule has 0 saturated heterocycles. The summed E-state index contributed by atoms with van der Waals surface area (Å²) in [5.41, 5.74) is 14.7. The maximum Gasteiger partial charge on any atom is 0.135 e. The van der Waals surface area contributed by atoms with Crippen LogP contribution in [0.5, 0.6) is 11.5 Å². The van der Waals surface area contributed by atoms with Crippen LogP contribution in [0.4, 0.5) is 17.1 Å². The van der Waals surface area contributed by atoms with Gasteiger partial charge in [0.25, 0.3) is 0 Å². The van der Waals surface area contributed by atoms with Crippen LogP contribution in [-0.2, 0) is 0 Å². The van der Waals surface area contributed by atoms with Gasteiger partial charge in [-0.2, -0.15) is 0 Å². The summed E-state index contributed by atoms with van der Waals surface area (Å²) in [7, 11) is 0. The molecule has 8 aromatic rings. The molecule has 1 aliphatic rings. The van der Waals surface area contributed by atoms with Crippen LogP contribution in [0.25, 0.3) is 55.6 Å². The molecule has 0 spiro atoms. The topological polar surface area (TPSA) is 12.5 Å². The Morgan fingerprint density at radius 2 is 0.680 bits per heavy atom. The highest BCUT2D eigenvalue weighted by Crippen LogP contribution is 2.49. The molecule has 1 heterocycles. The summed E-state index contributed by atoms with van der Waals surface area (Å²) in [5, 5.41) is 0. The molecule has 50 heavy (non-hydrogen) atoms. The second-order valence-corrected chi connectivity index (χ2v) is 12.6. The van der Waals surface area contributed by atoms with Gasteiger partial charge in [-0.25, -0.2) is 0 Å². The fourth-order valence-electron chi connectivity index (χ4n) is 6.98. The normalized spacial score (nSPS) is 11.4. The van der Waals surface area contributed by atoms with Gasteiger partial charge in [-0.05, 0) is 99.1 Å². The lowest BCUT2D eigenvalue weighted by molar-refractivity contribution is 0.488. The van der Waals surface area contributed by atoms with Crippen molar-refractivity contribution < 1.29 is 4.74 Å². The SMILES string of the molecule is c1ccc(-c2ccc(N(c3ccc(-c4ccccc4)cc3)c3ccc4c(c3)-c3ccccc3-c3ccc(-c5ccccc5)cc3O4)cc2)cc1. The number of hydrogen-bond acceptors (Lipinski definition) is 2. The number of benzene rings is 8. The Bertz CT molecular complexity index is 2330. The van der Waals surface area contributed by atoms with Gasteiger partial charge < -0.3 is 9.64 Å². The minimum Gasteiger partial charge on any atom is -0.456 e. The van der Waals surface area contributed by atoms with Crippen LogP contribution < -0.4 is 9.64 Å². The minimum absolute atomic E-state index is 0.837. The predicted octanol–water partition coefficient (Wildman–Crippen LogP) is 13.6. The van der Waals surface area contributed by atoms with E-state index < -0.39 is 0 Å². The molecule has 0 bridgehead atoms. The lowest BCUT2D eigenvalue weighted by atomic mass is 9.93. The van der Waals surface area contributed by atoms with E-state index in [1.807, 2.05) is 6.07 Å². The van der Waals surface area contributed by atoms with Crippen LogP contribution in [-0.4, -0.2) is 0 Å². The fraction of sp³-hybridized carbons (Fsp3) is 0. The van der Waals surface area contributed by atoms with Gasteiger partial charge in [0.15, 0.2) is 0 Å². The zero-order valence-electron chi connectivity index (χ0n) is 27.4. The highest BCUT2D eigenvalue weighted by Gasteiger charge is 2.23. The van der Waals surface area contributed by atoms with Gasteiger partial charge in [-0.15, -0.1) is 0 Å². The van der Waals surface area contributed by atoms with Crippen molar-refractivity contribution in [2.75, 3.05) is 4.90 Å². The Labute approximate surface area is 293 Å². The first kappa shape index (κ1) is 29.5. The van der Waals surface area contributed by atoms with Crippen molar-refractivity contribution >= 4 is 17.1 Å². The third-order valence-electron chi connectivity index (χ3n) is 9.50. The summed E-state index contributed by atoms with van der Waals surface area (Å²) >= 11 is 0. The van der Waals surface area contributed by atoms with Crippen molar-refractivity contribution in [3.05, 3.63) is 200 Å². The van der Waals surface area contributed by atoms with Gasteiger partial charge >= 0.3 is 0 Å². The molecule has 1 aliphatic heterocycles. The summed E-state index contributed by atoms with van der Waals surface area (Å²) in [5.74, 6) is 1.69. The molecule has 0 saturated carbocycles. The van der Waals surface area contributed by atoms with Crippen LogP contribution in [0.15, 0.2) is 200 Å². The Kier molecular flexibility index (Phi) is 7.53. The molecule has 0 fully saturated rings. The van der Waals surface area contributed by atoms with Gasteiger partial charge in [-0.3, -0.25) is 0 Å². The van der Waals surface area contributed by atoms with Crippen molar-refractivity contribution in [1.82, 2.24) is 0 Å². The van der Waals surface area contributed by atoms with E-state index >= 15 is 0 Å². The van der Waals surface area contributed by atoms with E-state index in [0.29, 0.717) is 0 Å². The average Bonchev–Trinajstić information content (AvgIpc) is 3.33. The first-order valence-corrected chi connectivity index (χ1v) is 17.0. The molecule has 0 radical (unpaired) electrons. The first-order chi connectivity index (χ1) is 24.8. The second kappa shape index (κ2) is 12.8. The lowest BCUT2D eigenvalue weighted by Crippen LogP contribution is -2.10. The maximum absolute atomic E-state index is 6.80. The highest BCUT2D eigenvalue weighted by atomic mass is 16.5. The number of hydrogen-bond donors (Lipinski definition) is 0. The van der Waals surface area contributed by atoms with E-state index in [-0.39, 0.29) is 0 Å². The Morgan fingerprint density at radius 3 is 1.22 bits per heavy atom. The molecule has 0 amide bonds. The van der Waals surface area contributed by atoms with Gasteiger partial charge in [0.2, 0.25) is 0 Å². The summed E-state index contributed by atoms with van der Waals surface area (Å²) in [6.07, 6.45) is 0. The number of nitrogens with zero attached hydrogens (tertiary/aromatic N) is 1. The van der Waals surface area contributed by atoms with E-state index in [2.05, 4.69) is 199 Å². The maximum atomic E-state index is 6.80. The molecular weight excluding hydrogens is 607 g/mol. The fourth-order valence-corrected chi connectivity index (χ4v) is 6.98. The first-order valence-electron chi connectivity index (χ1n) is 17.0. The summed E-state index contributed by atoms with van der Waals surface area (Å²) in [6, 6.07) is 70.9.